The summed E-state index contributed by atoms with van der Waals surface area (Å²) in [6.45, 7) is 2.72. The molecule has 1 atom stereocenters. The molecule has 0 saturated carbocycles. The highest BCUT2D eigenvalue weighted by Crippen LogP contribution is 2.23. The Labute approximate surface area is 135 Å². The maximum atomic E-state index is 5.85. The predicted octanol–water partition coefficient (Wildman–Crippen LogP) is 2.98. The number of hydrogen-bond donors (Lipinski definition) is 1. The molecule has 5 nitrogen and oxygen atoms in total. The first kappa shape index (κ1) is 14.2. The Morgan fingerprint density at radius 2 is 2.17 bits per heavy atom. The van der Waals surface area contributed by atoms with E-state index in [4.69, 9.17) is 4.42 Å². The van der Waals surface area contributed by atoms with Gasteiger partial charge < -0.3 is 14.6 Å². The fourth-order valence-corrected chi connectivity index (χ4v) is 3.28. The Kier molecular flexibility index (Phi) is 3.94. The lowest BCUT2D eigenvalue weighted by atomic mass is 10.2. The second-order valence-electron chi connectivity index (χ2n) is 5.95. The van der Waals surface area contributed by atoms with Gasteiger partial charge in [-0.15, -0.1) is 5.10 Å². The van der Waals surface area contributed by atoms with E-state index >= 15 is 0 Å². The zero-order valence-corrected chi connectivity index (χ0v) is 13.0. The summed E-state index contributed by atoms with van der Waals surface area (Å²) in [5.41, 5.74) is 0.950. The number of benzene rings is 1. The average molecular weight is 308 g/mol. The molecule has 1 saturated heterocycles. The Morgan fingerprint density at radius 3 is 3.04 bits per heavy atom. The third-order valence-corrected chi connectivity index (χ3v) is 4.39. The van der Waals surface area contributed by atoms with Gasteiger partial charge in [-0.05, 0) is 37.1 Å². The minimum Gasteiger partial charge on any atom is -0.460 e. The molecule has 23 heavy (non-hydrogen) atoms. The summed E-state index contributed by atoms with van der Waals surface area (Å²) in [5, 5.41) is 12.9. The van der Waals surface area contributed by atoms with Crippen molar-refractivity contribution < 1.29 is 4.42 Å². The van der Waals surface area contributed by atoms with Crippen LogP contribution in [0.4, 0.5) is 5.82 Å². The van der Waals surface area contributed by atoms with Gasteiger partial charge in [0.25, 0.3) is 0 Å². The molecule has 2 aromatic heterocycles. The molecular weight excluding hydrogens is 288 g/mol. The van der Waals surface area contributed by atoms with Crippen LogP contribution in [-0.2, 0) is 6.54 Å². The minimum absolute atomic E-state index is 0.469. The minimum atomic E-state index is 0.469. The molecule has 0 spiro atoms. The maximum absolute atomic E-state index is 5.85. The van der Waals surface area contributed by atoms with Crippen molar-refractivity contribution in [3.05, 3.63) is 54.4 Å². The van der Waals surface area contributed by atoms with Gasteiger partial charge in [-0.2, -0.15) is 5.10 Å². The standard InChI is InChI=1S/C18H20N4O/c1-2-7-17-14(5-1)11-16(23-17)13-19-12-15-6-4-10-22(15)18-8-3-9-20-21-18/h1-3,5,7-9,11,15,19H,4,6,10,12-13H2. The molecule has 3 aromatic rings. The lowest BCUT2D eigenvalue weighted by Crippen LogP contribution is -2.38. The van der Waals surface area contributed by atoms with Crippen LogP contribution in [-0.4, -0.2) is 29.3 Å². The molecule has 3 heterocycles. The van der Waals surface area contributed by atoms with Gasteiger partial charge in [-0.25, -0.2) is 0 Å². The highest BCUT2D eigenvalue weighted by molar-refractivity contribution is 5.77. The number of para-hydroxylation sites is 1. The van der Waals surface area contributed by atoms with Crippen LogP contribution in [0.1, 0.15) is 18.6 Å². The van der Waals surface area contributed by atoms with Crippen molar-refractivity contribution in [2.75, 3.05) is 18.0 Å². The predicted molar refractivity (Wildman–Crippen MR) is 90.3 cm³/mol. The smallest absolute Gasteiger partial charge is 0.151 e. The van der Waals surface area contributed by atoms with Crippen molar-refractivity contribution in [3.8, 4) is 0 Å². The quantitative estimate of drug-likeness (QED) is 0.785. The van der Waals surface area contributed by atoms with E-state index in [1.807, 2.05) is 30.3 Å². The summed E-state index contributed by atoms with van der Waals surface area (Å²) in [7, 11) is 0. The van der Waals surface area contributed by atoms with Crippen molar-refractivity contribution in [1.82, 2.24) is 15.5 Å². The van der Waals surface area contributed by atoms with Crippen molar-refractivity contribution in [3.63, 3.8) is 0 Å². The molecule has 1 N–H and O–H groups in total. The summed E-state index contributed by atoms with van der Waals surface area (Å²) < 4.78 is 5.85. The Hall–Kier alpha value is -2.40. The average Bonchev–Trinajstić information content (AvgIpc) is 3.22. The SMILES string of the molecule is c1cnnc(N2CCCC2CNCc2cc3ccccc3o2)c1. The number of fused-ring (bicyclic) bond motifs is 1. The number of rotatable bonds is 5. The summed E-state index contributed by atoms with van der Waals surface area (Å²) in [6.07, 6.45) is 4.10. The van der Waals surface area contributed by atoms with Crippen LogP contribution < -0.4 is 10.2 Å². The highest BCUT2D eigenvalue weighted by atomic mass is 16.3. The van der Waals surface area contributed by atoms with E-state index in [0.717, 1.165) is 42.2 Å². The zero-order valence-electron chi connectivity index (χ0n) is 13.0. The summed E-state index contributed by atoms with van der Waals surface area (Å²) in [4.78, 5) is 2.35. The molecule has 1 unspecified atom stereocenters. The van der Waals surface area contributed by atoms with E-state index in [1.165, 1.54) is 12.8 Å². The number of nitrogens with one attached hydrogen (secondary N) is 1. The first-order valence-electron chi connectivity index (χ1n) is 8.13. The fourth-order valence-electron chi connectivity index (χ4n) is 3.28. The molecule has 0 bridgehead atoms. The van der Waals surface area contributed by atoms with E-state index in [2.05, 4.69) is 32.5 Å². The molecular formula is C18H20N4O. The molecule has 0 radical (unpaired) electrons. The molecule has 1 aliphatic heterocycles. The Balaban J connectivity index is 1.37. The first-order valence-corrected chi connectivity index (χ1v) is 8.13. The van der Waals surface area contributed by atoms with Gasteiger partial charge in [0.05, 0.1) is 6.54 Å². The van der Waals surface area contributed by atoms with E-state index in [-0.39, 0.29) is 0 Å². The lowest BCUT2D eigenvalue weighted by molar-refractivity contribution is 0.494. The second kappa shape index (κ2) is 6.38. The number of hydrogen-bond acceptors (Lipinski definition) is 5. The number of aromatic nitrogens is 2. The summed E-state index contributed by atoms with van der Waals surface area (Å²) in [5.74, 6) is 1.95. The van der Waals surface area contributed by atoms with Gasteiger partial charge in [-0.3, -0.25) is 0 Å². The van der Waals surface area contributed by atoms with Crippen molar-refractivity contribution in [1.29, 1.82) is 0 Å². The molecule has 4 rings (SSSR count). The van der Waals surface area contributed by atoms with Crippen LogP contribution in [0.3, 0.4) is 0 Å². The number of furan rings is 1. The Morgan fingerprint density at radius 1 is 1.22 bits per heavy atom. The lowest BCUT2D eigenvalue weighted by Gasteiger charge is -2.25. The third-order valence-electron chi connectivity index (χ3n) is 4.39. The van der Waals surface area contributed by atoms with Gasteiger partial charge in [0.2, 0.25) is 0 Å². The third kappa shape index (κ3) is 3.05. The molecule has 5 heteroatoms. The topological polar surface area (TPSA) is 54.2 Å². The number of nitrogens with zero attached hydrogens (tertiary/aromatic N) is 3. The maximum Gasteiger partial charge on any atom is 0.151 e. The van der Waals surface area contributed by atoms with Gasteiger partial charge in [0.1, 0.15) is 11.3 Å². The van der Waals surface area contributed by atoms with Crippen LogP contribution in [0, 0.1) is 0 Å². The first-order chi connectivity index (χ1) is 11.4. The van der Waals surface area contributed by atoms with Gasteiger partial charge in [0, 0.05) is 30.7 Å². The van der Waals surface area contributed by atoms with Crippen molar-refractivity contribution >= 4 is 16.8 Å². The second-order valence-corrected chi connectivity index (χ2v) is 5.95. The van der Waals surface area contributed by atoms with Crippen LogP contribution in [0.15, 0.2) is 53.1 Å². The molecule has 1 aromatic carbocycles. The van der Waals surface area contributed by atoms with Crippen molar-refractivity contribution in [2.45, 2.75) is 25.4 Å². The van der Waals surface area contributed by atoms with Gasteiger partial charge in [0.15, 0.2) is 5.82 Å². The van der Waals surface area contributed by atoms with Crippen LogP contribution in [0.2, 0.25) is 0 Å². The van der Waals surface area contributed by atoms with Crippen molar-refractivity contribution in [2.24, 2.45) is 0 Å². The molecule has 118 valence electrons. The normalized spacial score (nSPS) is 17.9. The molecule has 0 aliphatic carbocycles. The number of anilines is 1. The Bertz CT molecular complexity index is 738. The summed E-state index contributed by atoms with van der Waals surface area (Å²) in [6, 6.07) is 14.7. The molecule has 1 aliphatic rings. The van der Waals surface area contributed by atoms with E-state index in [1.54, 1.807) is 6.20 Å². The van der Waals surface area contributed by atoms with Crippen LogP contribution in [0.5, 0.6) is 0 Å². The molecule has 1 fully saturated rings. The molecule has 0 amide bonds. The van der Waals surface area contributed by atoms with Gasteiger partial charge in [-0.1, -0.05) is 18.2 Å². The highest BCUT2D eigenvalue weighted by Gasteiger charge is 2.25. The van der Waals surface area contributed by atoms with E-state index in [9.17, 15) is 0 Å². The largest absolute Gasteiger partial charge is 0.460 e. The van der Waals surface area contributed by atoms with Crippen LogP contribution >= 0.6 is 0 Å². The van der Waals surface area contributed by atoms with Crippen LogP contribution in [0.25, 0.3) is 11.0 Å². The summed E-state index contributed by atoms with van der Waals surface area (Å²) >= 11 is 0. The fraction of sp³-hybridized carbons (Fsp3) is 0.333. The van der Waals surface area contributed by atoms with E-state index in [0.29, 0.717) is 6.04 Å². The van der Waals surface area contributed by atoms with E-state index < -0.39 is 0 Å². The zero-order chi connectivity index (χ0) is 15.5. The van der Waals surface area contributed by atoms with Gasteiger partial charge >= 0.3 is 0 Å². The monoisotopic (exact) mass is 308 g/mol.